The highest BCUT2D eigenvalue weighted by Gasteiger charge is 2.59. The molecule has 31 heavy (non-hydrogen) atoms. The minimum Gasteiger partial charge on any atom is -0.393 e. The maximum Gasteiger partial charge on any atom is 0.269 e. The number of benzene rings is 1. The van der Waals surface area contributed by atoms with Crippen LogP contribution in [0.2, 0.25) is 0 Å². The molecule has 5 heteroatoms. The smallest absolute Gasteiger partial charge is 0.269 e. The molecule has 0 aliphatic heterocycles. The van der Waals surface area contributed by atoms with Crippen molar-refractivity contribution in [3.63, 3.8) is 0 Å². The zero-order valence-electron chi connectivity index (χ0n) is 18.5. The lowest BCUT2D eigenvalue weighted by molar-refractivity contribution is -0.384. The van der Waals surface area contributed by atoms with Crippen LogP contribution in [0.15, 0.2) is 41.5 Å². The Labute approximate surface area is 184 Å². The van der Waals surface area contributed by atoms with Crippen LogP contribution in [0, 0.1) is 38.7 Å². The second-order valence-corrected chi connectivity index (χ2v) is 10.9. The summed E-state index contributed by atoms with van der Waals surface area (Å²) in [5, 5.41) is 32.5. The number of nitro groups is 1. The highest BCUT2D eigenvalue weighted by molar-refractivity contribution is 5.57. The third kappa shape index (κ3) is 3.20. The summed E-state index contributed by atoms with van der Waals surface area (Å²) in [5.41, 5.74) is 3.63. The first kappa shape index (κ1) is 20.9. The number of fused-ring (bicyclic) bond motifs is 5. The summed E-state index contributed by atoms with van der Waals surface area (Å²) in [7, 11) is 0. The molecule has 0 saturated heterocycles. The summed E-state index contributed by atoms with van der Waals surface area (Å²) < 4.78 is 0. The van der Waals surface area contributed by atoms with E-state index in [4.69, 9.17) is 0 Å². The number of hydrogen-bond acceptors (Lipinski definition) is 4. The molecular weight excluding hydrogens is 390 g/mol. The maximum absolute atomic E-state index is 11.3. The van der Waals surface area contributed by atoms with Crippen LogP contribution in [0.3, 0.4) is 0 Å². The first-order valence-corrected chi connectivity index (χ1v) is 11.7. The summed E-state index contributed by atoms with van der Waals surface area (Å²) in [5.74, 6) is 1.65. The number of non-ortho nitro benzene ring substituents is 1. The first-order valence-electron chi connectivity index (χ1n) is 11.7. The van der Waals surface area contributed by atoms with Gasteiger partial charge < -0.3 is 10.2 Å². The fourth-order valence-electron chi connectivity index (χ4n) is 7.55. The molecule has 7 atom stereocenters. The second-order valence-electron chi connectivity index (χ2n) is 10.9. The monoisotopic (exact) mass is 423 g/mol. The van der Waals surface area contributed by atoms with Gasteiger partial charge in [-0.05, 0) is 91.4 Å². The molecule has 0 heterocycles. The minimum atomic E-state index is -0.458. The average Bonchev–Trinajstić information content (AvgIpc) is 2.99. The number of hydrogen-bond donors (Lipinski definition) is 2. The molecular formula is C26H33NO4. The topological polar surface area (TPSA) is 83.6 Å². The van der Waals surface area contributed by atoms with E-state index in [-0.39, 0.29) is 27.5 Å². The van der Waals surface area contributed by atoms with Gasteiger partial charge in [0.1, 0.15) is 0 Å². The number of aliphatic hydroxyl groups excluding tert-OH is 2. The van der Waals surface area contributed by atoms with Crippen LogP contribution < -0.4 is 0 Å². The predicted octanol–water partition coefficient (Wildman–Crippen LogP) is 5.27. The lowest BCUT2D eigenvalue weighted by Gasteiger charge is -2.57. The number of nitrogens with zero attached hydrogens (tertiary/aromatic N) is 1. The van der Waals surface area contributed by atoms with Gasteiger partial charge in [0.05, 0.1) is 17.1 Å². The largest absolute Gasteiger partial charge is 0.393 e. The molecule has 2 N–H and O–H groups in total. The van der Waals surface area contributed by atoms with E-state index in [1.807, 2.05) is 0 Å². The van der Waals surface area contributed by atoms with Crippen molar-refractivity contribution in [1.82, 2.24) is 0 Å². The number of allylic oxidation sites excluding steroid dienone is 1. The van der Waals surface area contributed by atoms with Crippen LogP contribution >= 0.6 is 0 Å². The van der Waals surface area contributed by atoms with Gasteiger partial charge in [0, 0.05) is 17.5 Å². The van der Waals surface area contributed by atoms with E-state index in [0.29, 0.717) is 17.8 Å². The molecule has 0 aromatic heterocycles. The molecule has 5 rings (SSSR count). The molecule has 0 bridgehead atoms. The van der Waals surface area contributed by atoms with Crippen LogP contribution in [0.4, 0.5) is 5.69 Å². The molecule has 0 radical (unpaired) electrons. The Balaban J connectivity index is 1.44. The summed E-state index contributed by atoms with van der Waals surface area (Å²) >= 11 is 0. The molecule has 1 aromatic rings. The molecule has 4 aliphatic rings. The van der Waals surface area contributed by atoms with E-state index in [1.54, 1.807) is 12.1 Å². The normalized spacial score (nSPS) is 43.0. The lowest BCUT2D eigenvalue weighted by Crippen LogP contribution is -2.51. The Morgan fingerprint density at radius 2 is 1.81 bits per heavy atom. The Bertz CT molecular complexity index is 951. The average molecular weight is 424 g/mol. The Hall–Kier alpha value is -1.98. The summed E-state index contributed by atoms with van der Waals surface area (Å²) in [4.78, 5) is 10.5. The number of rotatable bonds is 2. The van der Waals surface area contributed by atoms with Crippen LogP contribution in [0.25, 0.3) is 6.08 Å². The van der Waals surface area contributed by atoms with Crippen molar-refractivity contribution in [3.05, 3.63) is 57.2 Å². The Kier molecular flexibility index (Phi) is 4.91. The zero-order valence-corrected chi connectivity index (χ0v) is 18.5. The standard InChI is InChI=1S/C26H33NO4/c1-25-11-9-20(28)15-18(25)5-8-21-22(25)10-12-26(2)23(21)14-17(24(26)29)13-16-3-6-19(7-4-16)27(30)31/h3-7,13,20-24,28-29H,8-12,14-15H2,1-2H3/b17-13+/t20-,21-,22+,23+,24+,25+,26+/m1/s1. The lowest BCUT2D eigenvalue weighted by atomic mass is 9.48. The third-order valence-corrected chi connectivity index (χ3v) is 9.40. The zero-order chi connectivity index (χ0) is 22.0. The van der Waals surface area contributed by atoms with Gasteiger partial charge >= 0.3 is 0 Å². The van der Waals surface area contributed by atoms with Crippen LogP contribution in [-0.2, 0) is 0 Å². The quantitative estimate of drug-likeness (QED) is 0.385. The van der Waals surface area contributed by atoms with E-state index in [0.717, 1.165) is 56.1 Å². The Morgan fingerprint density at radius 1 is 1.06 bits per heavy atom. The number of nitro benzene ring substituents is 1. The fraction of sp³-hybridized carbons (Fsp3) is 0.615. The van der Waals surface area contributed by atoms with E-state index >= 15 is 0 Å². The maximum atomic E-state index is 11.3. The molecule has 3 saturated carbocycles. The third-order valence-electron chi connectivity index (χ3n) is 9.40. The molecule has 166 valence electrons. The minimum absolute atomic E-state index is 0.0910. The summed E-state index contributed by atoms with van der Waals surface area (Å²) in [6.45, 7) is 4.69. The van der Waals surface area contributed by atoms with Gasteiger partial charge in [0.2, 0.25) is 0 Å². The SMILES string of the molecule is C[C@]12CC[C@H]3[C@@H](CC=C4C[C@H](O)CC[C@@]43C)[C@@H]1C/C(=C\c1ccc([N+](=O)[O-])cc1)[C@@H]2O. The first-order chi connectivity index (χ1) is 14.7. The van der Waals surface area contributed by atoms with Crippen molar-refractivity contribution in [3.8, 4) is 0 Å². The van der Waals surface area contributed by atoms with Crippen molar-refractivity contribution in [2.75, 3.05) is 0 Å². The Morgan fingerprint density at radius 3 is 2.52 bits per heavy atom. The van der Waals surface area contributed by atoms with Crippen LogP contribution in [-0.4, -0.2) is 27.3 Å². The van der Waals surface area contributed by atoms with Gasteiger partial charge in [0.25, 0.3) is 5.69 Å². The number of aliphatic hydroxyl groups is 2. The van der Waals surface area contributed by atoms with Gasteiger partial charge in [0.15, 0.2) is 0 Å². The summed E-state index contributed by atoms with van der Waals surface area (Å²) in [6, 6.07) is 6.61. The molecule has 4 aliphatic carbocycles. The highest BCUT2D eigenvalue weighted by atomic mass is 16.6. The van der Waals surface area contributed by atoms with Crippen LogP contribution in [0.1, 0.15) is 64.4 Å². The second kappa shape index (κ2) is 7.28. The molecule has 0 spiro atoms. The van der Waals surface area contributed by atoms with Gasteiger partial charge in [-0.15, -0.1) is 0 Å². The fourth-order valence-corrected chi connectivity index (χ4v) is 7.55. The molecule has 1 aromatic carbocycles. The highest BCUT2D eigenvalue weighted by Crippen LogP contribution is 2.65. The van der Waals surface area contributed by atoms with Crippen LogP contribution in [0.5, 0.6) is 0 Å². The van der Waals surface area contributed by atoms with Crippen molar-refractivity contribution in [2.24, 2.45) is 28.6 Å². The predicted molar refractivity (Wildman–Crippen MR) is 120 cm³/mol. The van der Waals surface area contributed by atoms with Crippen molar-refractivity contribution < 1.29 is 15.1 Å². The van der Waals surface area contributed by atoms with Gasteiger partial charge in [-0.2, -0.15) is 0 Å². The van der Waals surface area contributed by atoms with Crippen molar-refractivity contribution in [2.45, 2.75) is 71.0 Å². The summed E-state index contributed by atoms with van der Waals surface area (Å²) in [6.07, 6.45) is 10.7. The van der Waals surface area contributed by atoms with Gasteiger partial charge in [-0.1, -0.05) is 31.6 Å². The van der Waals surface area contributed by atoms with E-state index in [1.165, 1.54) is 17.7 Å². The van der Waals surface area contributed by atoms with E-state index in [2.05, 4.69) is 26.0 Å². The molecule has 0 amide bonds. The van der Waals surface area contributed by atoms with Gasteiger partial charge in [-0.3, -0.25) is 10.1 Å². The van der Waals surface area contributed by atoms with Gasteiger partial charge in [-0.25, -0.2) is 0 Å². The molecule has 0 unspecified atom stereocenters. The molecule has 5 nitrogen and oxygen atoms in total. The molecule has 3 fully saturated rings. The van der Waals surface area contributed by atoms with Crippen molar-refractivity contribution >= 4 is 11.8 Å². The van der Waals surface area contributed by atoms with E-state index < -0.39 is 6.10 Å². The van der Waals surface area contributed by atoms with Crippen molar-refractivity contribution in [1.29, 1.82) is 0 Å². The van der Waals surface area contributed by atoms with E-state index in [9.17, 15) is 20.3 Å².